The highest BCUT2D eigenvalue weighted by atomic mass is 16.7. The Morgan fingerprint density at radius 3 is 2.54 bits per heavy atom. The van der Waals surface area contributed by atoms with Crippen LogP contribution >= 0.6 is 0 Å². The second-order valence-electron chi connectivity index (χ2n) is 4.88. The van der Waals surface area contributed by atoms with E-state index in [4.69, 9.17) is 19.1 Å². The van der Waals surface area contributed by atoms with Crippen LogP contribution in [0, 0.1) is 0 Å². The van der Waals surface area contributed by atoms with Crippen LogP contribution in [-0.4, -0.2) is 34.7 Å². The molecule has 3 rings (SSSR count). The number of aliphatic hydroxyl groups excluding tert-OH is 1. The molecule has 1 saturated heterocycles. The molecule has 24 heavy (non-hydrogen) atoms. The van der Waals surface area contributed by atoms with Crippen LogP contribution in [0.1, 0.15) is 23.2 Å². The number of aliphatic hydroxyl groups is 1. The van der Waals surface area contributed by atoms with E-state index in [0.29, 0.717) is 10.4 Å². The molecule has 1 N–H and O–H groups in total. The van der Waals surface area contributed by atoms with Crippen LogP contribution in [0.25, 0.3) is 11.0 Å². The van der Waals surface area contributed by atoms with E-state index in [0.717, 1.165) is 0 Å². The fourth-order valence-electron chi connectivity index (χ4n) is 2.19. The number of amides is 2. The number of nitrogens with zero attached hydrogens (tertiary/aromatic N) is 1. The monoisotopic (exact) mass is 333 g/mol. The first kappa shape index (κ1) is 15.7. The number of carbonyl (C=O) groups excluding carboxylic acids is 3. The molecule has 1 aliphatic heterocycles. The van der Waals surface area contributed by atoms with Crippen LogP contribution in [0.5, 0.6) is 5.75 Å². The summed E-state index contributed by atoms with van der Waals surface area (Å²) in [5, 5.41) is 9.45. The molecule has 0 spiro atoms. The van der Waals surface area contributed by atoms with Crippen molar-refractivity contribution in [2.45, 2.75) is 12.8 Å². The molecule has 0 aliphatic carbocycles. The van der Waals surface area contributed by atoms with Gasteiger partial charge in [0.1, 0.15) is 16.9 Å². The van der Waals surface area contributed by atoms with Gasteiger partial charge >= 0.3 is 11.6 Å². The van der Waals surface area contributed by atoms with Gasteiger partial charge in [0.15, 0.2) is 6.79 Å². The van der Waals surface area contributed by atoms with Gasteiger partial charge in [-0.2, -0.15) is 0 Å². The van der Waals surface area contributed by atoms with E-state index >= 15 is 0 Å². The van der Waals surface area contributed by atoms with Crippen molar-refractivity contribution >= 4 is 28.8 Å². The summed E-state index contributed by atoms with van der Waals surface area (Å²) in [5.41, 5.74) is -1.31. The molecular formula is C15H11NO8. The summed E-state index contributed by atoms with van der Waals surface area (Å²) in [6.07, 6.45) is -0.0991. The highest BCUT2D eigenvalue weighted by Crippen LogP contribution is 2.21. The van der Waals surface area contributed by atoms with Crippen LogP contribution in [-0.2, 0) is 14.4 Å². The minimum atomic E-state index is -1.16. The normalized spacial score (nSPS) is 14.3. The number of benzene rings is 1. The van der Waals surface area contributed by atoms with Gasteiger partial charge in [0.2, 0.25) is 0 Å². The standard InChI is InChI=1S/C15H11NO8/c17-7-22-9-2-1-8-5-10(14(20)23-11(8)6-9)15(21)24-16-12(18)3-4-13(16)19/h1-2,5-6,17H,3-4,7H2. The molecule has 0 bridgehead atoms. The third kappa shape index (κ3) is 2.84. The van der Waals surface area contributed by atoms with E-state index in [1.54, 1.807) is 0 Å². The van der Waals surface area contributed by atoms with Crippen LogP contribution < -0.4 is 10.4 Å². The molecule has 0 saturated carbocycles. The number of imide groups is 1. The molecule has 124 valence electrons. The molecule has 0 atom stereocenters. The third-order valence-electron chi connectivity index (χ3n) is 3.34. The summed E-state index contributed by atoms with van der Waals surface area (Å²) in [5.74, 6) is -2.18. The van der Waals surface area contributed by atoms with Crippen molar-refractivity contribution in [2.24, 2.45) is 0 Å². The Kier molecular flexibility index (Phi) is 4.00. The zero-order chi connectivity index (χ0) is 17.3. The minimum absolute atomic E-state index is 0.0495. The number of hydrogen-bond donors (Lipinski definition) is 1. The second-order valence-corrected chi connectivity index (χ2v) is 4.88. The maximum atomic E-state index is 12.0. The van der Waals surface area contributed by atoms with Gasteiger partial charge in [-0.15, -0.1) is 5.06 Å². The SMILES string of the molecule is O=C(ON1C(=O)CCC1=O)c1cc2ccc(OCO)cc2oc1=O. The molecule has 2 aromatic rings. The summed E-state index contributed by atoms with van der Waals surface area (Å²) < 4.78 is 9.88. The summed E-state index contributed by atoms with van der Waals surface area (Å²) in [7, 11) is 0. The summed E-state index contributed by atoms with van der Waals surface area (Å²) in [4.78, 5) is 51.5. The van der Waals surface area contributed by atoms with Crippen molar-refractivity contribution in [3.63, 3.8) is 0 Å². The van der Waals surface area contributed by atoms with Crippen molar-refractivity contribution < 1.29 is 33.5 Å². The maximum absolute atomic E-state index is 12.0. The molecule has 1 aliphatic rings. The van der Waals surface area contributed by atoms with E-state index in [2.05, 4.69) is 0 Å². The Bertz CT molecular complexity index is 884. The Morgan fingerprint density at radius 1 is 1.17 bits per heavy atom. The molecule has 9 heteroatoms. The summed E-state index contributed by atoms with van der Waals surface area (Å²) in [6, 6.07) is 5.60. The Morgan fingerprint density at radius 2 is 1.88 bits per heavy atom. The van der Waals surface area contributed by atoms with E-state index in [9.17, 15) is 19.2 Å². The molecule has 1 aromatic carbocycles. The number of hydrogen-bond acceptors (Lipinski definition) is 8. The third-order valence-corrected chi connectivity index (χ3v) is 3.34. The highest BCUT2D eigenvalue weighted by molar-refractivity contribution is 6.03. The van der Waals surface area contributed by atoms with Crippen LogP contribution in [0.3, 0.4) is 0 Å². The molecular weight excluding hydrogens is 322 g/mol. The average molecular weight is 333 g/mol. The largest absolute Gasteiger partial charge is 0.468 e. The smallest absolute Gasteiger partial charge is 0.371 e. The summed E-state index contributed by atoms with van der Waals surface area (Å²) >= 11 is 0. The molecule has 1 fully saturated rings. The zero-order valence-electron chi connectivity index (χ0n) is 12.2. The first-order valence-electron chi connectivity index (χ1n) is 6.89. The van der Waals surface area contributed by atoms with E-state index < -0.39 is 35.8 Å². The number of fused-ring (bicyclic) bond motifs is 1. The summed E-state index contributed by atoms with van der Waals surface area (Å²) in [6.45, 7) is -0.544. The van der Waals surface area contributed by atoms with Crippen molar-refractivity contribution in [3.8, 4) is 5.75 Å². The fraction of sp³-hybridized carbons (Fsp3) is 0.200. The average Bonchev–Trinajstić information content (AvgIpc) is 2.86. The lowest BCUT2D eigenvalue weighted by molar-refractivity contribution is -0.172. The van der Waals surface area contributed by atoms with E-state index in [1.165, 1.54) is 24.3 Å². The van der Waals surface area contributed by atoms with Gasteiger partial charge in [0.05, 0.1) is 0 Å². The van der Waals surface area contributed by atoms with Gasteiger partial charge < -0.3 is 19.1 Å². The molecule has 9 nitrogen and oxygen atoms in total. The second kappa shape index (κ2) is 6.13. The molecule has 1 aromatic heterocycles. The quantitative estimate of drug-likeness (QED) is 0.483. The number of ether oxygens (including phenoxy) is 1. The van der Waals surface area contributed by atoms with Gasteiger partial charge in [-0.05, 0) is 18.2 Å². The number of carbonyl (C=O) groups is 3. The lowest BCUT2D eigenvalue weighted by atomic mass is 10.2. The lowest BCUT2D eigenvalue weighted by Crippen LogP contribution is -2.33. The van der Waals surface area contributed by atoms with Crippen molar-refractivity contribution in [2.75, 3.05) is 6.79 Å². The van der Waals surface area contributed by atoms with Gasteiger partial charge in [-0.3, -0.25) is 9.59 Å². The predicted octanol–water partition coefficient (Wildman–Crippen LogP) is 0.342. The molecule has 2 amide bonds. The van der Waals surface area contributed by atoms with Gasteiger partial charge in [-0.25, -0.2) is 9.59 Å². The van der Waals surface area contributed by atoms with Gasteiger partial charge in [0, 0.05) is 24.3 Å². The fourth-order valence-corrected chi connectivity index (χ4v) is 2.19. The molecule has 0 unspecified atom stereocenters. The Balaban J connectivity index is 1.91. The van der Waals surface area contributed by atoms with Gasteiger partial charge in [0.25, 0.3) is 11.8 Å². The first-order valence-corrected chi connectivity index (χ1v) is 6.89. The van der Waals surface area contributed by atoms with E-state index in [1.807, 2.05) is 0 Å². The maximum Gasteiger partial charge on any atom is 0.371 e. The minimum Gasteiger partial charge on any atom is -0.468 e. The first-order chi connectivity index (χ1) is 11.5. The van der Waals surface area contributed by atoms with Gasteiger partial charge in [-0.1, -0.05) is 0 Å². The highest BCUT2D eigenvalue weighted by Gasteiger charge is 2.33. The van der Waals surface area contributed by atoms with Crippen molar-refractivity contribution in [3.05, 3.63) is 40.2 Å². The molecule has 2 heterocycles. The topological polar surface area (TPSA) is 123 Å². The Hall–Kier alpha value is -3.20. The number of rotatable bonds is 4. The predicted molar refractivity (Wildman–Crippen MR) is 76.7 cm³/mol. The molecule has 0 radical (unpaired) electrons. The number of hydroxylamine groups is 2. The van der Waals surface area contributed by atoms with E-state index in [-0.39, 0.29) is 24.2 Å². The van der Waals surface area contributed by atoms with Crippen LogP contribution in [0.2, 0.25) is 0 Å². The van der Waals surface area contributed by atoms with Crippen molar-refractivity contribution in [1.82, 2.24) is 5.06 Å². The lowest BCUT2D eigenvalue weighted by Gasteiger charge is -2.12. The van der Waals surface area contributed by atoms with Crippen LogP contribution in [0.15, 0.2) is 33.5 Å². The van der Waals surface area contributed by atoms with Crippen LogP contribution in [0.4, 0.5) is 0 Å². The Labute approximate surface area is 133 Å². The zero-order valence-corrected chi connectivity index (χ0v) is 12.2. The van der Waals surface area contributed by atoms with Crippen molar-refractivity contribution in [1.29, 1.82) is 0 Å².